The Hall–Kier alpha value is -1.32. The Bertz CT molecular complexity index is 684. The average Bonchev–Trinajstić information content (AvgIpc) is 3.07. The van der Waals surface area contributed by atoms with Crippen molar-refractivity contribution in [1.29, 1.82) is 0 Å². The van der Waals surface area contributed by atoms with Gasteiger partial charge in [0, 0.05) is 21.6 Å². The number of fused-ring (bicyclic) bond motifs is 1. The minimum absolute atomic E-state index is 0.223. The molecule has 0 saturated carbocycles. The summed E-state index contributed by atoms with van der Waals surface area (Å²) < 4.78 is 22.6. The lowest BCUT2D eigenvalue weighted by Crippen LogP contribution is -2.41. The van der Waals surface area contributed by atoms with Crippen molar-refractivity contribution in [2.75, 3.05) is 13.1 Å². The van der Waals surface area contributed by atoms with Crippen molar-refractivity contribution >= 4 is 11.3 Å². The van der Waals surface area contributed by atoms with Gasteiger partial charge in [0.15, 0.2) is 0 Å². The quantitative estimate of drug-likeness (QED) is 0.860. The molecule has 1 N–H and O–H groups in total. The van der Waals surface area contributed by atoms with Crippen LogP contribution in [0.2, 0.25) is 0 Å². The Morgan fingerprint density at radius 2 is 2.27 bits per heavy atom. The summed E-state index contributed by atoms with van der Waals surface area (Å²) in [6, 6.07) is 10.3. The molecule has 2 aromatic rings. The molecule has 3 heteroatoms. The second kappa shape index (κ2) is 7.30. The van der Waals surface area contributed by atoms with Crippen LogP contribution in [0.4, 0.5) is 0 Å². The van der Waals surface area contributed by atoms with E-state index in [1.807, 2.05) is 6.07 Å². The van der Waals surface area contributed by atoms with Gasteiger partial charge >= 0.3 is 0 Å². The largest absolute Gasteiger partial charge is 0.508 e. The number of phenols is 1. The van der Waals surface area contributed by atoms with Crippen LogP contribution < -0.4 is 0 Å². The third kappa shape index (κ3) is 3.53. The lowest BCUT2D eigenvalue weighted by atomic mass is 9.86. The van der Waals surface area contributed by atoms with Crippen molar-refractivity contribution in [1.82, 2.24) is 4.90 Å². The third-order valence-electron chi connectivity index (χ3n) is 4.57. The van der Waals surface area contributed by atoms with Crippen molar-refractivity contribution in [3.8, 4) is 5.75 Å². The zero-order chi connectivity index (χ0) is 17.9. The summed E-state index contributed by atoms with van der Waals surface area (Å²) in [6.07, 6.45) is 3.89. The molecule has 0 radical (unpaired) electrons. The molecule has 0 saturated heterocycles. The van der Waals surface area contributed by atoms with Crippen LogP contribution in [0.3, 0.4) is 0 Å². The number of benzene rings is 1. The van der Waals surface area contributed by atoms with E-state index in [1.54, 1.807) is 17.4 Å². The molecular weight excluding hydrogens is 290 g/mol. The molecule has 0 amide bonds. The van der Waals surface area contributed by atoms with Crippen LogP contribution in [-0.4, -0.2) is 29.1 Å². The summed E-state index contributed by atoms with van der Waals surface area (Å²) in [4.78, 5) is 3.69. The molecule has 1 atom stereocenters. The fraction of sp³-hybridized carbons (Fsp3) is 0.474. The number of nitrogens with zero attached hydrogens (tertiary/aromatic N) is 1. The molecule has 0 fully saturated rings. The summed E-state index contributed by atoms with van der Waals surface area (Å²) in [6.45, 7) is -0.401. The standard InChI is InChI=1S/C19H25NOS/c1-2-11-20(12-10-17-6-4-13-22-17)16-8-9-18-15(14-16)5-3-7-19(18)21/h3-7,13,16,21H,2,8-12,14H2,1H3/i1D3. The highest BCUT2D eigenvalue weighted by Gasteiger charge is 2.25. The van der Waals surface area contributed by atoms with E-state index >= 15 is 0 Å². The molecule has 1 unspecified atom stereocenters. The van der Waals surface area contributed by atoms with Gasteiger partial charge in [-0.25, -0.2) is 0 Å². The summed E-state index contributed by atoms with van der Waals surface area (Å²) in [7, 11) is 0. The lowest BCUT2D eigenvalue weighted by Gasteiger charge is -2.35. The second-order valence-corrected chi connectivity index (χ2v) is 6.96. The lowest BCUT2D eigenvalue weighted by molar-refractivity contribution is 0.181. The zero-order valence-corrected chi connectivity index (χ0v) is 13.6. The first-order valence-corrected chi connectivity index (χ1v) is 8.86. The molecule has 1 aromatic carbocycles. The van der Waals surface area contributed by atoms with E-state index in [0.717, 1.165) is 37.8 Å². The van der Waals surface area contributed by atoms with Crippen molar-refractivity contribution < 1.29 is 9.22 Å². The van der Waals surface area contributed by atoms with Crippen molar-refractivity contribution in [2.45, 2.75) is 45.0 Å². The van der Waals surface area contributed by atoms with E-state index in [0.29, 0.717) is 18.3 Å². The minimum atomic E-state index is -1.88. The van der Waals surface area contributed by atoms with E-state index < -0.39 is 6.85 Å². The number of rotatable bonds is 6. The Kier molecular flexibility index (Phi) is 4.03. The van der Waals surface area contributed by atoms with Gasteiger partial charge in [-0.3, -0.25) is 4.90 Å². The van der Waals surface area contributed by atoms with Gasteiger partial charge in [0.2, 0.25) is 0 Å². The molecule has 1 aromatic heterocycles. The molecule has 0 bridgehead atoms. The van der Waals surface area contributed by atoms with Crippen molar-refractivity contribution in [3.63, 3.8) is 0 Å². The van der Waals surface area contributed by atoms with Crippen LogP contribution in [0.15, 0.2) is 35.7 Å². The van der Waals surface area contributed by atoms with E-state index in [9.17, 15) is 5.11 Å². The van der Waals surface area contributed by atoms with Crippen molar-refractivity contribution in [2.24, 2.45) is 0 Å². The van der Waals surface area contributed by atoms with Gasteiger partial charge in [0.25, 0.3) is 0 Å². The topological polar surface area (TPSA) is 23.5 Å². The fourth-order valence-corrected chi connectivity index (χ4v) is 4.11. The van der Waals surface area contributed by atoms with E-state index in [4.69, 9.17) is 4.11 Å². The summed E-state index contributed by atoms with van der Waals surface area (Å²) in [5.41, 5.74) is 2.26. The molecule has 0 aliphatic heterocycles. The molecule has 1 aliphatic carbocycles. The van der Waals surface area contributed by atoms with Crippen LogP contribution in [0.1, 0.15) is 39.8 Å². The van der Waals surface area contributed by atoms with E-state index in [1.165, 1.54) is 10.4 Å². The molecule has 1 heterocycles. The van der Waals surface area contributed by atoms with Gasteiger partial charge in [0.05, 0.1) is 0 Å². The first-order valence-electron chi connectivity index (χ1n) is 9.48. The Balaban J connectivity index is 1.69. The van der Waals surface area contributed by atoms with Gasteiger partial charge in [0.1, 0.15) is 5.75 Å². The summed E-state index contributed by atoms with van der Waals surface area (Å²) >= 11 is 1.75. The number of hydrogen-bond donors (Lipinski definition) is 1. The number of thiophene rings is 1. The Morgan fingerprint density at radius 3 is 3.09 bits per heavy atom. The minimum Gasteiger partial charge on any atom is -0.508 e. The highest BCUT2D eigenvalue weighted by molar-refractivity contribution is 7.09. The van der Waals surface area contributed by atoms with E-state index in [-0.39, 0.29) is 6.42 Å². The van der Waals surface area contributed by atoms with Crippen LogP contribution >= 0.6 is 11.3 Å². The summed E-state index contributed by atoms with van der Waals surface area (Å²) in [5, 5.41) is 12.1. The fourth-order valence-electron chi connectivity index (χ4n) is 3.41. The highest BCUT2D eigenvalue weighted by atomic mass is 32.1. The van der Waals surface area contributed by atoms with Crippen LogP contribution in [0, 0.1) is 0 Å². The monoisotopic (exact) mass is 318 g/mol. The normalized spacial score (nSPS) is 20.2. The number of aromatic hydroxyl groups is 1. The maximum absolute atomic E-state index is 10.0. The maximum atomic E-state index is 10.0. The number of hydrogen-bond acceptors (Lipinski definition) is 3. The molecule has 2 nitrogen and oxygen atoms in total. The predicted molar refractivity (Wildman–Crippen MR) is 93.8 cm³/mol. The second-order valence-electron chi connectivity index (χ2n) is 5.93. The first-order chi connectivity index (χ1) is 11.9. The van der Waals surface area contributed by atoms with Crippen molar-refractivity contribution in [3.05, 3.63) is 51.7 Å². The van der Waals surface area contributed by atoms with Gasteiger partial charge in [-0.2, -0.15) is 0 Å². The van der Waals surface area contributed by atoms with Crippen LogP contribution in [0.5, 0.6) is 5.75 Å². The van der Waals surface area contributed by atoms with Crippen LogP contribution in [0.25, 0.3) is 0 Å². The molecule has 0 spiro atoms. The average molecular weight is 319 g/mol. The molecule has 118 valence electrons. The molecular formula is C19H25NOS. The number of phenolic OH excluding ortho intramolecular Hbond substituents is 1. The Morgan fingerprint density at radius 1 is 1.32 bits per heavy atom. The molecule has 1 aliphatic rings. The highest BCUT2D eigenvalue weighted by Crippen LogP contribution is 2.30. The smallest absolute Gasteiger partial charge is 0.119 e. The van der Waals surface area contributed by atoms with Gasteiger partial charge in [-0.15, -0.1) is 11.3 Å². The predicted octanol–water partition coefficient (Wildman–Crippen LogP) is 4.27. The van der Waals surface area contributed by atoms with Gasteiger partial charge in [-0.05, 0) is 67.3 Å². The molecule has 3 rings (SSSR count). The molecule has 22 heavy (non-hydrogen) atoms. The first kappa shape index (κ1) is 12.1. The van der Waals surface area contributed by atoms with Gasteiger partial charge in [-0.1, -0.05) is 25.1 Å². The zero-order valence-electron chi connectivity index (χ0n) is 15.8. The van der Waals surface area contributed by atoms with E-state index in [2.05, 4.69) is 28.5 Å². The van der Waals surface area contributed by atoms with Gasteiger partial charge < -0.3 is 5.11 Å². The third-order valence-corrected chi connectivity index (χ3v) is 5.51. The van der Waals surface area contributed by atoms with Crippen LogP contribution in [-0.2, 0) is 19.3 Å². The SMILES string of the molecule is [2H]C([2H])([2H])CCN(CCc1cccs1)C1CCc2c(O)cccc2C1. The Labute approximate surface area is 141 Å². The maximum Gasteiger partial charge on any atom is 0.119 e. The summed E-state index contributed by atoms with van der Waals surface area (Å²) in [5.74, 6) is 0.392.